The van der Waals surface area contributed by atoms with Crippen molar-refractivity contribution in [2.75, 3.05) is 0 Å². The molecular formula is C12H21FO2. The van der Waals surface area contributed by atoms with E-state index in [0.717, 1.165) is 32.1 Å². The lowest BCUT2D eigenvalue weighted by atomic mass is 9.76. The van der Waals surface area contributed by atoms with E-state index in [9.17, 15) is 9.18 Å². The predicted octanol–water partition coefficient (Wildman–Crippen LogP) is 3.26. The number of halogens is 1. The Balaban J connectivity index is 2.45. The van der Waals surface area contributed by atoms with E-state index in [1.54, 1.807) is 0 Å². The molecule has 1 aliphatic carbocycles. The van der Waals surface area contributed by atoms with Crippen molar-refractivity contribution in [1.29, 1.82) is 0 Å². The highest BCUT2D eigenvalue weighted by Gasteiger charge is 2.32. The highest BCUT2D eigenvalue weighted by molar-refractivity contribution is 5.72. The maximum Gasteiger partial charge on any atom is 0.338 e. The summed E-state index contributed by atoms with van der Waals surface area (Å²) in [5, 5.41) is 8.63. The molecular weight excluding hydrogens is 195 g/mol. The van der Waals surface area contributed by atoms with Crippen molar-refractivity contribution in [1.82, 2.24) is 0 Å². The Labute approximate surface area is 90.9 Å². The summed E-state index contributed by atoms with van der Waals surface area (Å²) in [5.41, 5.74) is 0. The van der Waals surface area contributed by atoms with Gasteiger partial charge in [-0.1, -0.05) is 26.7 Å². The lowest BCUT2D eigenvalue weighted by Gasteiger charge is -2.30. The van der Waals surface area contributed by atoms with Gasteiger partial charge in [0.05, 0.1) is 0 Å². The molecule has 1 saturated carbocycles. The first kappa shape index (κ1) is 12.5. The van der Waals surface area contributed by atoms with Crippen LogP contribution in [0.15, 0.2) is 0 Å². The van der Waals surface area contributed by atoms with Crippen LogP contribution in [0.2, 0.25) is 0 Å². The minimum atomic E-state index is -1.65. The Hall–Kier alpha value is -0.600. The fraction of sp³-hybridized carbons (Fsp3) is 0.917. The van der Waals surface area contributed by atoms with E-state index in [0.29, 0.717) is 11.8 Å². The molecule has 1 fully saturated rings. The Morgan fingerprint density at radius 3 is 2.67 bits per heavy atom. The van der Waals surface area contributed by atoms with E-state index in [-0.39, 0.29) is 5.92 Å². The summed E-state index contributed by atoms with van der Waals surface area (Å²) >= 11 is 0. The topological polar surface area (TPSA) is 37.3 Å². The van der Waals surface area contributed by atoms with Crippen molar-refractivity contribution in [3.8, 4) is 0 Å². The molecule has 3 heteroatoms. The summed E-state index contributed by atoms with van der Waals surface area (Å²) in [4.78, 5) is 10.6. The quantitative estimate of drug-likeness (QED) is 0.783. The van der Waals surface area contributed by atoms with Gasteiger partial charge < -0.3 is 5.11 Å². The van der Waals surface area contributed by atoms with Crippen molar-refractivity contribution in [3.05, 3.63) is 0 Å². The van der Waals surface area contributed by atoms with Gasteiger partial charge in [-0.25, -0.2) is 9.18 Å². The summed E-state index contributed by atoms with van der Waals surface area (Å²) < 4.78 is 13.3. The summed E-state index contributed by atoms with van der Waals surface area (Å²) in [6, 6.07) is 0. The third kappa shape index (κ3) is 3.80. The van der Waals surface area contributed by atoms with Gasteiger partial charge in [0.1, 0.15) is 0 Å². The largest absolute Gasteiger partial charge is 0.479 e. The van der Waals surface area contributed by atoms with E-state index >= 15 is 0 Å². The van der Waals surface area contributed by atoms with Gasteiger partial charge >= 0.3 is 5.97 Å². The number of rotatable bonds is 4. The molecule has 0 saturated heterocycles. The Bertz CT molecular complexity index is 216. The molecule has 2 nitrogen and oxygen atoms in total. The molecule has 88 valence electrons. The van der Waals surface area contributed by atoms with Gasteiger partial charge in [0, 0.05) is 5.92 Å². The second-order valence-electron chi connectivity index (χ2n) is 5.16. The number of carbonyl (C=O) groups is 1. The van der Waals surface area contributed by atoms with Crippen molar-refractivity contribution in [2.24, 2.45) is 17.8 Å². The smallest absolute Gasteiger partial charge is 0.338 e. The fourth-order valence-electron chi connectivity index (χ4n) is 2.68. The van der Waals surface area contributed by atoms with Crippen LogP contribution in [0.4, 0.5) is 4.39 Å². The summed E-state index contributed by atoms with van der Waals surface area (Å²) in [5.74, 6) is -0.386. The molecule has 3 atom stereocenters. The average molecular weight is 216 g/mol. The Kier molecular flexibility index (Phi) is 4.55. The van der Waals surface area contributed by atoms with Crippen LogP contribution in [0.5, 0.6) is 0 Å². The molecule has 0 heterocycles. The second-order valence-corrected chi connectivity index (χ2v) is 5.16. The molecule has 15 heavy (non-hydrogen) atoms. The first-order valence-corrected chi connectivity index (χ1v) is 5.87. The van der Waals surface area contributed by atoms with Gasteiger partial charge in [-0.3, -0.25) is 0 Å². The summed E-state index contributed by atoms with van der Waals surface area (Å²) in [6.45, 7) is 4.32. The third-order valence-corrected chi connectivity index (χ3v) is 3.28. The zero-order valence-electron chi connectivity index (χ0n) is 9.58. The molecule has 0 aromatic heterocycles. The van der Waals surface area contributed by atoms with E-state index in [4.69, 9.17) is 5.11 Å². The lowest BCUT2D eigenvalue weighted by Crippen LogP contribution is -2.30. The number of hydrogen-bond donors (Lipinski definition) is 1. The Morgan fingerprint density at radius 1 is 1.47 bits per heavy atom. The maximum atomic E-state index is 13.3. The number of carboxylic acids is 1. The molecule has 0 bridgehead atoms. The van der Waals surface area contributed by atoms with Crippen LogP contribution in [0.1, 0.15) is 46.0 Å². The van der Waals surface area contributed by atoms with Crippen LogP contribution in [0.25, 0.3) is 0 Å². The zero-order valence-corrected chi connectivity index (χ0v) is 9.58. The monoisotopic (exact) mass is 216 g/mol. The second kappa shape index (κ2) is 5.47. The number of carboxylic acid groups (broad SMARTS) is 1. The van der Waals surface area contributed by atoms with E-state index in [1.807, 2.05) is 0 Å². The fourth-order valence-corrected chi connectivity index (χ4v) is 2.68. The third-order valence-electron chi connectivity index (χ3n) is 3.28. The van der Waals surface area contributed by atoms with Crippen molar-refractivity contribution < 1.29 is 14.3 Å². The molecule has 1 N–H and O–H groups in total. The van der Waals surface area contributed by atoms with Crippen molar-refractivity contribution in [3.63, 3.8) is 0 Å². The van der Waals surface area contributed by atoms with Gasteiger partial charge in [-0.2, -0.15) is 0 Å². The van der Waals surface area contributed by atoms with Gasteiger partial charge in [-0.05, 0) is 31.1 Å². The molecule has 0 radical (unpaired) electrons. The van der Waals surface area contributed by atoms with Gasteiger partial charge in [0.2, 0.25) is 0 Å². The van der Waals surface area contributed by atoms with Gasteiger partial charge in [-0.15, -0.1) is 0 Å². The number of hydrogen-bond acceptors (Lipinski definition) is 1. The normalized spacial score (nSPS) is 29.1. The molecule has 0 aromatic carbocycles. The molecule has 0 spiro atoms. The van der Waals surface area contributed by atoms with Crippen LogP contribution >= 0.6 is 0 Å². The standard InChI is InChI=1S/C12H21FO2/c1-8(2)6-9-4-3-5-10(7-9)11(13)12(14)15/h8-11H,3-7H2,1-2H3,(H,14,15). The van der Waals surface area contributed by atoms with E-state index in [1.165, 1.54) is 0 Å². The van der Waals surface area contributed by atoms with E-state index < -0.39 is 12.1 Å². The summed E-state index contributed by atoms with van der Waals surface area (Å²) in [7, 11) is 0. The maximum absolute atomic E-state index is 13.3. The minimum Gasteiger partial charge on any atom is -0.479 e. The minimum absolute atomic E-state index is 0.250. The highest BCUT2D eigenvalue weighted by Crippen LogP contribution is 2.35. The van der Waals surface area contributed by atoms with Crippen molar-refractivity contribution in [2.45, 2.75) is 52.1 Å². The van der Waals surface area contributed by atoms with Crippen LogP contribution in [-0.4, -0.2) is 17.2 Å². The zero-order chi connectivity index (χ0) is 11.4. The van der Waals surface area contributed by atoms with Crippen LogP contribution < -0.4 is 0 Å². The highest BCUT2D eigenvalue weighted by atomic mass is 19.1. The SMILES string of the molecule is CC(C)CC1CCCC(C(F)C(=O)O)C1. The van der Waals surface area contributed by atoms with Crippen LogP contribution in [0, 0.1) is 17.8 Å². The summed E-state index contributed by atoms with van der Waals surface area (Å²) in [6.07, 6.45) is 3.06. The van der Waals surface area contributed by atoms with Crippen LogP contribution in [-0.2, 0) is 4.79 Å². The first-order chi connectivity index (χ1) is 7.00. The van der Waals surface area contributed by atoms with Gasteiger partial charge in [0.15, 0.2) is 6.17 Å². The molecule has 1 rings (SSSR count). The first-order valence-electron chi connectivity index (χ1n) is 5.87. The molecule has 0 amide bonds. The van der Waals surface area contributed by atoms with E-state index in [2.05, 4.69) is 13.8 Å². The number of alkyl halides is 1. The molecule has 0 aliphatic heterocycles. The molecule has 0 aromatic rings. The van der Waals surface area contributed by atoms with Crippen LogP contribution in [0.3, 0.4) is 0 Å². The number of aliphatic carboxylic acids is 1. The Morgan fingerprint density at radius 2 is 2.13 bits per heavy atom. The average Bonchev–Trinajstić information content (AvgIpc) is 2.16. The molecule has 1 aliphatic rings. The van der Waals surface area contributed by atoms with Crippen molar-refractivity contribution >= 4 is 5.97 Å². The molecule has 3 unspecified atom stereocenters. The lowest BCUT2D eigenvalue weighted by molar-refractivity contribution is -0.145. The van der Waals surface area contributed by atoms with Gasteiger partial charge in [0.25, 0.3) is 0 Å². The predicted molar refractivity (Wildman–Crippen MR) is 57.4 cm³/mol.